The van der Waals surface area contributed by atoms with E-state index in [2.05, 4.69) is 21.6 Å². The zero-order valence-electron chi connectivity index (χ0n) is 13.3. The summed E-state index contributed by atoms with van der Waals surface area (Å²) in [5.41, 5.74) is 1.62. The van der Waals surface area contributed by atoms with Crippen LogP contribution in [0.5, 0.6) is 0 Å². The van der Waals surface area contributed by atoms with Crippen molar-refractivity contribution in [2.45, 2.75) is 19.4 Å². The number of aromatic nitrogens is 4. The highest BCUT2D eigenvalue weighted by Crippen LogP contribution is 2.08. The smallest absolute Gasteiger partial charge is 0.223 e. The maximum Gasteiger partial charge on any atom is 0.223 e. The molecule has 1 amide bonds. The molecule has 0 atom stereocenters. The van der Waals surface area contributed by atoms with Crippen LogP contribution in [0.25, 0.3) is 0 Å². The zero-order valence-corrected chi connectivity index (χ0v) is 13.3. The van der Waals surface area contributed by atoms with Crippen LogP contribution in [0.15, 0.2) is 24.3 Å². The van der Waals surface area contributed by atoms with E-state index < -0.39 is 0 Å². The van der Waals surface area contributed by atoms with Gasteiger partial charge in [-0.2, -0.15) is 5.26 Å². The molecule has 1 saturated heterocycles. The fraction of sp³-hybridized carbons (Fsp3) is 0.438. The molecule has 124 valence electrons. The highest BCUT2D eigenvalue weighted by atomic mass is 16.5. The number of carbonyl (C=O) groups is 1. The lowest BCUT2D eigenvalue weighted by atomic mass is 10.1. The second kappa shape index (κ2) is 7.66. The number of hydrogen-bond acceptors (Lipinski definition) is 6. The van der Waals surface area contributed by atoms with E-state index in [1.54, 1.807) is 16.8 Å². The number of benzene rings is 1. The summed E-state index contributed by atoms with van der Waals surface area (Å²) in [5.74, 6) is 0.784. The first-order chi connectivity index (χ1) is 11.8. The van der Waals surface area contributed by atoms with Gasteiger partial charge < -0.3 is 9.64 Å². The zero-order chi connectivity index (χ0) is 16.8. The van der Waals surface area contributed by atoms with Crippen LogP contribution in [-0.4, -0.2) is 57.3 Å². The molecule has 0 saturated carbocycles. The summed E-state index contributed by atoms with van der Waals surface area (Å²) >= 11 is 0. The number of tetrazole rings is 1. The minimum Gasteiger partial charge on any atom is -0.378 e. The van der Waals surface area contributed by atoms with E-state index in [1.165, 1.54) is 0 Å². The monoisotopic (exact) mass is 326 g/mol. The van der Waals surface area contributed by atoms with Crippen molar-refractivity contribution < 1.29 is 9.53 Å². The van der Waals surface area contributed by atoms with Gasteiger partial charge in [0.1, 0.15) is 0 Å². The molecule has 0 radical (unpaired) electrons. The molecule has 24 heavy (non-hydrogen) atoms. The van der Waals surface area contributed by atoms with Gasteiger partial charge in [-0.15, -0.1) is 5.10 Å². The normalized spacial score (nSPS) is 14.4. The highest BCUT2D eigenvalue weighted by Gasteiger charge is 2.18. The van der Waals surface area contributed by atoms with Gasteiger partial charge >= 0.3 is 0 Å². The SMILES string of the molecule is N#Cc1ccc(Cn2nnnc2CCC(=O)N2CCOCC2)cc1. The van der Waals surface area contributed by atoms with Crippen molar-refractivity contribution in [3.8, 4) is 6.07 Å². The van der Waals surface area contributed by atoms with Gasteiger partial charge in [0, 0.05) is 25.9 Å². The number of nitriles is 1. The third-order valence-corrected chi connectivity index (χ3v) is 3.95. The van der Waals surface area contributed by atoms with Gasteiger partial charge in [0.15, 0.2) is 5.82 Å². The summed E-state index contributed by atoms with van der Waals surface area (Å²) in [6.45, 7) is 3.01. The van der Waals surface area contributed by atoms with E-state index in [4.69, 9.17) is 10.00 Å². The first kappa shape index (κ1) is 16.1. The summed E-state index contributed by atoms with van der Waals surface area (Å²) in [6.07, 6.45) is 0.882. The molecule has 0 aliphatic carbocycles. The quantitative estimate of drug-likeness (QED) is 0.788. The van der Waals surface area contributed by atoms with Crippen molar-refractivity contribution in [1.82, 2.24) is 25.1 Å². The molecule has 1 aliphatic heterocycles. The van der Waals surface area contributed by atoms with Crippen molar-refractivity contribution in [2.24, 2.45) is 0 Å². The molecule has 1 aliphatic rings. The van der Waals surface area contributed by atoms with Gasteiger partial charge in [-0.25, -0.2) is 4.68 Å². The maximum atomic E-state index is 12.2. The fourth-order valence-electron chi connectivity index (χ4n) is 2.57. The van der Waals surface area contributed by atoms with Crippen molar-refractivity contribution in [2.75, 3.05) is 26.3 Å². The summed E-state index contributed by atoms with van der Waals surface area (Å²) in [5, 5.41) is 20.5. The summed E-state index contributed by atoms with van der Waals surface area (Å²) in [4.78, 5) is 14.0. The van der Waals surface area contributed by atoms with E-state index in [-0.39, 0.29) is 5.91 Å². The Labute approximate surface area is 139 Å². The molecule has 0 N–H and O–H groups in total. The van der Waals surface area contributed by atoms with Crippen LogP contribution in [-0.2, 0) is 22.5 Å². The van der Waals surface area contributed by atoms with Crippen LogP contribution >= 0.6 is 0 Å². The van der Waals surface area contributed by atoms with E-state index in [0.29, 0.717) is 57.1 Å². The molecular formula is C16H18N6O2. The predicted octanol–water partition coefficient (Wildman–Crippen LogP) is 0.384. The third kappa shape index (κ3) is 3.94. The lowest BCUT2D eigenvalue weighted by Gasteiger charge is -2.26. The Balaban J connectivity index is 1.58. The van der Waals surface area contributed by atoms with E-state index in [9.17, 15) is 4.79 Å². The van der Waals surface area contributed by atoms with Crippen LogP contribution in [0.2, 0.25) is 0 Å². The lowest BCUT2D eigenvalue weighted by molar-refractivity contribution is -0.135. The largest absolute Gasteiger partial charge is 0.378 e. The van der Waals surface area contributed by atoms with Crippen molar-refractivity contribution in [3.05, 3.63) is 41.2 Å². The topological polar surface area (TPSA) is 96.9 Å². The Bertz CT molecular complexity index is 728. The maximum absolute atomic E-state index is 12.2. The first-order valence-electron chi connectivity index (χ1n) is 7.86. The standard InChI is InChI=1S/C16H18N6O2/c17-11-13-1-3-14(4-2-13)12-22-15(18-19-20-22)5-6-16(23)21-7-9-24-10-8-21/h1-4H,5-10,12H2. The van der Waals surface area contributed by atoms with Crippen LogP contribution < -0.4 is 0 Å². The van der Waals surface area contributed by atoms with Gasteiger partial charge in [-0.3, -0.25) is 4.79 Å². The average Bonchev–Trinajstić information content (AvgIpc) is 3.08. The minimum atomic E-state index is 0.103. The fourth-order valence-corrected chi connectivity index (χ4v) is 2.57. The van der Waals surface area contributed by atoms with Crippen LogP contribution in [0.3, 0.4) is 0 Å². The number of hydrogen-bond donors (Lipinski definition) is 0. The van der Waals surface area contributed by atoms with Crippen LogP contribution in [0, 0.1) is 11.3 Å². The summed E-state index contributed by atoms with van der Waals surface area (Å²) in [7, 11) is 0. The first-order valence-corrected chi connectivity index (χ1v) is 7.86. The van der Waals surface area contributed by atoms with Crippen LogP contribution in [0.1, 0.15) is 23.4 Å². The Kier molecular flexibility index (Phi) is 5.13. The third-order valence-electron chi connectivity index (χ3n) is 3.95. The van der Waals surface area contributed by atoms with Gasteiger partial charge in [-0.1, -0.05) is 12.1 Å². The molecule has 0 bridgehead atoms. The van der Waals surface area contributed by atoms with E-state index in [1.807, 2.05) is 17.0 Å². The molecule has 1 aromatic heterocycles. The highest BCUT2D eigenvalue weighted by molar-refractivity contribution is 5.76. The number of rotatable bonds is 5. The number of carbonyl (C=O) groups excluding carboxylic acids is 1. The van der Waals surface area contributed by atoms with Crippen molar-refractivity contribution in [3.63, 3.8) is 0 Å². The average molecular weight is 326 g/mol. The molecular weight excluding hydrogens is 308 g/mol. The Morgan fingerprint density at radius 1 is 1.25 bits per heavy atom. The predicted molar refractivity (Wildman–Crippen MR) is 83.8 cm³/mol. The van der Waals surface area contributed by atoms with Gasteiger partial charge in [0.25, 0.3) is 0 Å². The summed E-state index contributed by atoms with van der Waals surface area (Å²) in [6, 6.07) is 9.38. The number of ether oxygens (including phenoxy) is 1. The van der Waals surface area contributed by atoms with Crippen molar-refractivity contribution in [1.29, 1.82) is 5.26 Å². The number of nitrogens with zero attached hydrogens (tertiary/aromatic N) is 6. The number of morpholine rings is 1. The molecule has 3 rings (SSSR count). The van der Waals surface area contributed by atoms with E-state index >= 15 is 0 Å². The lowest BCUT2D eigenvalue weighted by Crippen LogP contribution is -2.40. The molecule has 2 aromatic rings. The van der Waals surface area contributed by atoms with Gasteiger partial charge in [0.2, 0.25) is 5.91 Å². The van der Waals surface area contributed by atoms with E-state index in [0.717, 1.165) is 5.56 Å². The Morgan fingerprint density at radius 3 is 2.71 bits per heavy atom. The number of aryl methyl sites for hydroxylation is 1. The van der Waals surface area contributed by atoms with Crippen LogP contribution in [0.4, 0.5) is 0 Å². The molecule has 0 unspecified atom stereocenters. The second-order valence-corrected chi connectivity index (χ2v) is 5.55. The Hall–Kier alpha value is -2.79. The Morgan fingerprint density at radius 2 is 2.00 bits per heavy atom. The van der Waals surface area contributed by atoms with Gasteiger partial charge in [-0.05, 0) is 28.1 Å². The number of amides is 1. The molecule has 8 nitrogen and oxygen atoms in total. The molecule has 8 heteroatoms. The minimum absolute atomic E-state index is 0.103. The van der Waals surface area contributed by atoms with Gasteiger partial charge in [0.05, 0.1) is 31.4 Å². The molecule has 0 spiro atoms. The van der Waals surface area contributed by atoms with Crippen molar-refractivity contribution >= 4 is 5.91 Å². The molecule has 1 aromatic carbocycles. The molecule has 1 fully saturated rings. The molecule has 2 heterocycles. The summed E-state index contributed by atoms with van der Waals surface area (Å²) < 4.78 is 6.94. The second-order valence-electron chi connectivity index (χ2n) is 5.55.